The third-order valence-electron chi connectivity index (χ3n) is 3.78. The van der Waals surface area contributed by atoms with Crippen LogP contribution in [-0.2, 0) is 25.7 Å². The first-order chi connectivity index (χ1) is 11.9. The number of amides is 2. The number of ether oxygens (including phenoxy) is 1. The topological polar surface area (TPSA) is 133 Å². The molecule has 2 rings (SSSR count). The first kappa shape index (κ1) is 18.2. The molecule has 3 N–H and O–H groups in total. The first-order valence-electron chi connectivity index (χ1n) is 7.59. The van der Waals surface area contributed by atoms with E-state index in [1.807, 2.05) is 6.07 Å². The van der Waals surface area contributed by atoms with Gasteiger partial charge in [0.15, 0.2) is 0 Å². The van der Waals surface area contributed by atoms with Gasteiger partial charge in [-0.3, -0.25) is 14.4 Å². The van der Waals surface area contributed by atoms with Crippen LogP contribution in [0.4, 0.5) is 4.79 Å². The summed E-state index contributed by atoms with van der Waals surface area (Å²) in [5.41, 5.74) is 0.771. The van der Waals surface area contributed by atoms with E-state index in [0.717, 1.165) is 10.5 Å². The molecular weight excluding hydrogens is 332 g/mol. The normalized spacial score (nSPS) is 19.0. The lowest BCUT2D eigenvalue weighted by molar-refractivity contribution is -0.159. The van der Waals surface area contributed by atoms with Crippen molar-refractivity contribution in [2.45, 2.75) is 31.5 Å². The van der Waals surface area contributed by atoms with Crippen LogP contribution in [0.2, 0.25) is 0 Å². The molecule has 0 unspecified atom stereocenters. The highest BCUT2D eigenvalue weighted by molar-refractivity contribution is 5.94. The molecule has 0 saturated carbocycles. The summed E-state index contributed by atoms with van der Waals surface area (Å²) in [5, 5.41) is 20.0. The number of carbonyl (C=O) groups excluding carboxylic acids is 2. The lowest BCUT2D eigenvalue weighted by atomic mass is 9.91. The molecule has 9 nitrogen and oxygen atoms in total. The van der Waals surface area contributed by atoms with Gasteiger partial charge in [0.05, 0.1) is 6.04 Å². The molecule has 2 amide bonds. The first-order valence-corrected chi connectivity index (χ1v) is 7.59. The minimum Gasteiger partial charge on any atom is -0.481 e. The van der Waals surface area contributed by atoms with E-state index in [9.17, 15) is 19.2 Å². The molecular formula is C16H18N2O7. The second-order valence-corrected chi connectivity index (χ2v) is 5.54. The van der Waals surface area contributed by atoms with Gasteiger partial charge < -0.3 is 25.2 Å². The average molecular weight is 350 g/mol. The van der Waals surface area contributed by atoms with Crippen molar-refractivity contribution >= 4 is 23.9 Å². The van der Waals surface area contributed by atoms with Gasteiger partial charge in [-0.1, -0.05) is 30.3 Å². The Morgan fingerprint density at radius 1 is 1.12 bits per heavy atom. The van der Waals surface area contributed by atoms with Crippen LogP contribution >= 0.6 is 0 Å². The Balaban J connectivity index is 1.91. The predicted molar refractivity (Wildman–Crippen MR) is 83.6 cm³/mol. The SMILES string of the molecule is O=C(O)CC[C@@H]1[C@H](NC(=O)OCc2ccccc2)C(=O)N1CC(=O)O. The number of β-lactam (4-membered cyclic amide) rings is 1. The van der Waals surface area contributed by atoms with Crippen molar-refractivity contribution in [3.63, 3.8) is 0 Å². The van der Waals surface area contributed by atoms with Gasteiger partial charge in [0.25, 0.3) is 0 Å². The average Bonchev–Trinajstić information content (AvgIpc) is 2.58. The van der Waals surface area contributed by atoms with Crippen molar-refractivity contribution in [2.75, 3.05) is 6.54 Å². The van der Waals surface area contributed by atoms with Crippen molar-refractivity contribution in [1.29, 1.82) is 0 Å². The van der Waals surface area contributed by atoms with Gasteiger partial charge in [0.1, 0.15) is 19.2 Å². The molecule has 0 spiro atoms. The molecule has 1 aromatic rings. The summed E-state index contributed by atoms with van der Waals surface area (Å²) < 4.78 is 5.02. The van der Waals surface area contributed by atoms with Gasteiger partial charge in [-0.15, -0.1) is 0 Å². The van der Waals surface area contributed by atoms with E-state index >= 15 is 0 Å². The molecule has 9 heteroatoms. The third kappa shape index (κ3) is 4.93. The minimum absolute atomic E-state index is 0.0201. The Morgan fingerprint density at radius 3 is 2.40 bits per heavy atom. The molecule has 1 fully saturated rings. The highest BCUT2D eigenvalue weighted by Crippen LogP contribution is 2.24. The third-order valence-corrected chi connectivity index (χ3v) is 3.78. The van der Waals surface area contributed by atoms with Crippen LogP contribution in [0.25, 0.3) is 0 Å². The van der Waals surface area contributed by atoms with E-state index in [-0.39, 0.29) is 19.4 Å². The van der Waals surface area contributed by atoms with Gasteiger partial charge in [-0.2, -0.15) is 0 Å². The lowest BCUT2D eigenvalue weighted by Crippen LogP contribution is -2.71. The van der Waals surface area contributed by atoms with Crippen molar-refractivity contribution in [3.8, 4) is 0 Å². The highest BCUT2D eigenvalue weighted by Gasteiger charge is 2.48. The summed E-state index contributed by atoms with van der Waals surface area (Å²) in [5.74, 6) is -2.85. The Morgan fingerprint density at radius 2 is 1.80 bits per heavy atom. The number of hydrogen-bond acceptors (Lipinski definition) is 5. The number of nitrogens with zero attached hydrogens (tertiary/aromatic N) is 1. The Kier molecular flexibility index (Phi) is 5.93. The van der Waals surface area contributed by atoms with E-state index in [2.05, 4.69) is 5.32 Å². The number of benzene rings is 1. The van der Waals surface area contributed by atoms with E-state index in [1.165, 1.54) is 0 Å². The number of aliphatic carboxylic acids is 2. The molecule has 0 bridgehead atoms. The number of rotatable bonds is 8. The standard InChI is InChI=1S/C16H18N2O7/c19-12(20)7-6-11-14(15(23)18(11)8-13(21)22)17-16(24)25-9-10-4-2-1-3-5-10/h1-5,11,14H,6-9H2,(H,17,24)(H,19,20)(H,21,22)/t11-,14+/m1/s1. The number of carboxylic acids is 2. The minimum atomic E-state index is -1.21. The summed E-state index contributed by atoms with van der Waals surface area (Å²) in [4.78, 5) is 46.4. The van der Waals surface area contributed by atoms with E-state index in [4.69, 9.17) is 14.9 Å². The summed E-state index contributed by atoms with van der Waals surface area (Å²) in [6.45, 7) is -0.521. The van der Waals surface area contributed by atoms with Crippen LogP contribution in [0.1, 0.15) is 18.4 Å². The summed E-state index contributed by atoms with van der Waals surface area (Å²) in [6.07, 6.45) is -1.03. The van der Waals surface area contributed by atoms with Crippen LogP contribution in [0.15, 0.2) is 30.3 Å². The van der Waals surface area contributed by atoms with Crippen LogP contribution in [0.3, 0.4) is 0 Å². The molecule has 2 atom stereocenters. The van der Waals surface area contributed by atoms with Gasteiger partial charge in [0, 0.05) is 6.42 Å². The van der Waals surface area contributed by atoms with Crippen molar-refractivity contribution in [1.82, 2.24) is 10.2 Å². The highest BCUT2D eigenvalue weighted by atomic mass is 16.5. The largest absolute Gasteiger partial charge is 0.481 e. The smallest absolute Gasteiger partial charge is 0.408 e. The monoisotopic (exact) mass is 350 g/mol. The fourth-order valence-electron chi connectivity index (χ4n) is 2.59. The second-order valence-electron chi connectivity index (χ2n) is 5.54. The van der Waals surface area contributed by atoms with Crippen LogP contribution < -0.4 is 5.32 Å². The molecule has 0 radical (unpaired) electrons. The second kappa shape index (κ2) is 8.13. The van der Waals surface area contributed by atoms with Gasteiger partial charge in [-0.05, 0) is 12.0 Å². The van der Waals surface area contributed by atoms with Crippen molar-refractivity contribution in [3.05, 3.63) is 35.9 Å². The summed E-state index contributed by atoms with van der Waals surface area (Å²) >= 11 is 0. The van der Waals surface area contributed by atoms with Crippen molar-refractivity contribution in [2.24, 2.45) is 0 Å². The molecule has 1 aliphatic rings. The summed E-state index contributed by atoms with van der Waals surface area (Å²) in [7, 11) is 0. The molecule has 0 aromatic heterocycles. The molecule has 1 aliphatic heterocycles. The summed E-state index contributed by atoms with van der Waals surface area (Å²) in [6, 6.07) is 7.26. The van der Waals surface area contributed by atoms with Crippen LogP contribution in [0, 0.1) is 0 Å². The zero-order valence-corrected chi connectivity index (χ0v) is 13.3. The molecule has 25 heavy (non-hydrogen) atoms. The maximum Gasteiger partial charge on any atom is 0.408 e. The van der Waals surface area contributed by atoms with Crippen LogP contribution in [-0.4, -0.2) is 57.7 Å². The van der Waals surface area contributed by atoms with E-state index in [0.29, 0.717) is 0 Å². The Labute approximate surface area is 143 Å². The molecule has 0 aliphatic carbocycles. The Hall–Kier alpha value is -3.10. The quantitative estimate of drug-likeness (QED) is 0.579. The van der Waals surface area contributed by atoms with Gasteiger partial charge >= 0.3 is 18.0 Å². The number of likely N-dealkylation sites (tertiary alicyclic amines) is 1. The Bertz CT molecular complexity index is 662. The molecule has 1 saturated heterocycles. The molecule has 1 aromatic carbocycles. The molecule has 1 heterocycles. The number of carboxylic acid groups (broad SMARTS) is 2. The molecule has 134 valence electrons. The number of carbonyl (C=O) groups is 4. The van der Waals surface area contributed by atoms with Crippen molar-refractivity contribution < 1.29 is 34.1 Å². The fraction of sp³-hybridized carbons (Fsp3) is 0.375. The van der Waals surface area contributed by atoms with Gasteiger partial charge in [-0.25, -0.2) is 4.79 Å². The van der Waals surface area contributed by atoms with E-state index < -0.39 is 42.6 Å². The zero-order valence-electron chi connectivity index (χ0n) is 13.3. The number of nitrogens with one attached hydrogen (secondary N) is 1. The fourth-order valence-corrected chi connectivity index (χ4v) is 2.59. The number of hydrogen-bond donors (Lipinski definition) is 3. The maximum atomic E-state index is 12.0. The maximum absolute atomic E-state index is 12.0. The van der Waals surface area contributed by atoms with E-state index in [1.54, 1.807) is 24.3 Å². The number of alkyl carbamates (subject to hydrolysis) is 1. The lowest BCUT2D eigenvalue weighted by Gasteiger charge is -2.46. The predicted octanol–water partition coefficient (Wildman–Crippen LogP) is 0.442. The van der Waals surface area contributed by atoms with Crippen LogP contribution in [0.5, 0.6) is 0 Å². The van der Waals surface area contributed by atoms with Gasteiger partial charge in [0.2, 0.25) is 5.91 Å². The zero-order chi connectivity index (χ0) is 18.4.